The number of hydrogen-bond donors (Lipinski definition) is 1. The molecular formula is C16H13FN2S. The lowest BCUT2D eigenvalue weighted by Gasteiger charge is -2.09. The molecule has 3 aromatic rings. The number of nitrogens with zero attached hydrogens (tertiary/aromatic N) is 1. The maximum atomic E-state index is 13.3. The molecule has 0 saturated carbocycles. The fourth-order valence-electron chi connectivity index (χ4n) is 2.09. The second kappa shape index (κ2) is 5.13. The predicted octanol–water partition coefficient (Wildman–Crippen LogP) is 4.42. The quantitative estimate of drug-likeness (QED) is 0.708. The Morgan fingerprint density at radius 3 is 2.75 bits per heavy atom. The summed E-state index contributed by atoms with van der Waals surface area (Å²) in [4.78, 5) is 6.19. The first kappa shape index (κ1) is 12.9. The molecule has 0 amide bonds. The van der Waals surface area contributed by atoms with E-state index >= 15 is 0 Å². The maximum absolute atomic E-state index is 13.3. The maximum Gasteiger partial charge on any atom is 0.124 e. The van der Waals surface area contributed by atoms with Crippen LogP contribution in [-0.2, 0) is 0 Å². The van der Waals surface area contributed by atoms with Crippen molar-refractivity contribution < 1.29 is 4.39 Å². The number of anilines is 1. The van der Waals surface area contributed by atoms with Crippen molar-refractivity contribution in [2.45, 2.75) is 16.7 Å². The largest absolute Gasteiger partial charge is 0.398 e. The molecule has 0 fully saturated rings. The Balaban J connectivity index is 2.12. The van der Waals surface area contributed by atoms with Gasteiger partial charge >= 0.3 is 0 Å². The number of halogens is 1. The van der Waals surface area contributed by atoms with Gasteiger partial charge in [0.2, 0.25) is 0 Å². The van der Waals surface area contributed by atoms with E-state index in [0.717, 1.165) is 26.3 Å². The van der Waals surface area contributed by atoms with Crippen LogP contribution in [0.3, 0.4) is 0 Å². The van der Waals surface area contributed by atoms with Gasteiger partial charge in [-0.15, -0.1) is 0 Å². The van der Waals surface area contributed by atoms with Crippen molar-refractivity contribution in [3.05, 3.63) is 60.2 Å². The molecule has 2 aromatic carbocycles. The number of rotatable bonds is 2. The van der Waals surface area contributed by atoms with E-state index in [0.29, 0.717) is 5.69 Å². The Kier molecular flexibility index (Phi) is 3.32. The molecule has 4 heteroatoms. The summed E-state index contributed by atoms with van der Waals surface area (Å²) in [5.41, 5.74) is 7.62. The van der Waals surface area contributed by atoms with E-state index in [1.807, 2.05) is 31.2 Å². The number of nitrogens with two attached hydrogens (primary N) is 1. The van der Waals surface area contributed by atoms with Crippen molar-refractivity contribution in [2.75, 3.05) is 5.73 Å². The number of aryl methyl sites for hydroxylation is 1. The highest BCUT2D eigenvalue weighted by Gasteiger charge is 2.07. The van der Waals surface area contributed by atoms with Crippen molar-refractivity contribution in [3.63, 3.8) is 0 Å². The molecule has 100 valence electrons. The third-order valence-corrected chi connectivity index (χ3v) is 4.12. The second-order valence-electron chi connectivity index (χ2n) is 4.58. The molecule has 1 aromatic heterocycles. The Hall–Kier alpha value is -2.07. The number of fused-ring (bicyclic) bond motifs is 1. The van der Waals surface area contributed by atoms with Gasteiger partial charge in [-0.05, 0) is 43.3 Å². The Bertz CT molecular complexity index is 787. The SMILES string of the molecule is Cc1cc2c(Sc3cccc(F)c3)ccc(N)c2cn1. The third kappa shape index (κ3) is 2.47. The lowest BCUT2D eigenvalue weighted by molar-refractivity contribution is 0.624. The minimum absolute atomic E-state index is 0.229. The van der Waals surface area contributed by atoms with E-state index in [-0.39, 0.29) is 5.82 Å². The average molecular weight is 284 g/mol. The van der Waals surface area contributed by atoms with Crippen molar-refractivity contribution >= 4 is 28.2 Å². The first-order valence-corrected chi connectivity index (χ1v) is 7.03. The standard InChI is InChI=1S/C16H13FN2S/c1-10-7-13-14(9-19-10)15(18)5-6-16(13)20-12-4-2-3-11(17)8-12/h2-9H,18H2,1H3. The highest BCUT2D eigenvalue weighted by Crippen LogP contribution is 2.35. The molecule has 0 atom stereocenters. The van der Waals surface area contributed by atoms with Crippen LogP contribution in [0.4, 0.5) is 10.1 Å². The van der Waals surface area contributed by atoms with E-state index in [1.165, 1.54) is 23.9 Å². The van der Waals surface area contributed by atoms with Gasteiger partial charge in [0.05, 0.1) is 0 Å². The Morgan fingerprint density at radius 2 is 1.95 bits per heavy atom. The smallest absolute Gasteiger partial charge is 0.124 e. The molecule has 1 heterocycles. The highest BCUT2D eigenvalue weighted by atomic mass is 32.2. The van der Waals surface area contributed by atoms with Crippen LogP contribution in [0.15, 0.2) is 58.5 Å². The Morgan fingerprint density at radius 1 is 1.10 bits per heavy atom. The molecule has 0 spiro atoms. The lowest BCUT2D eigenvalue weighted by Crippen LogP contribution is -1.91. The van der Waals surface area contributed by atoms with Crippen molar-refractivity contribution in [3.8, 4) is 0 Å². The molecule has 2 nitrogen and oxygen atoms in total. The molecule has 0 aliphatic rings. The van der Waals surface area contributed by atoms with Crippen LogP contribution < -0.4 is 5.73 Å². The van der Waals surface area contributed by atoms with Crippen LogP contribution in [0.5, 0.6) is 0 Å². The van der Waals surface area contributed by atoms with Gasteiger partial charge in [-0.25, -0.2) is 4.39 Å². The van der Waals surface area contributed by atoms with Crippen LogP contribution in [0.2, 0.25) is 0 Å². The molecule has 0 unspecified atom stereocenters. The average Bonchev–Trinajstić information content (AvgIpc) is 2.42. The molecule has 2 N–H and O–H groups in total. The van der Waals surface area contributed by atoms with E-state index in [9.17, 15) is 4.39 Å². The zero-order valence-electron chi connectivity index (χ0n) is 10.9. The lowest BCUT2D eigenvalue weighted by atomic mass is 10.1. The summed E-state index contributed by atoms with van der Waals surface area (Å²) in [7, 11) is 0. The Labute approximate surface area is 120 Å². The fraction of sp³-hybridized carbons (Fsp3) is 0.0625. The van der Waals surface area contributed by atoms with Crippen molar-refractivity contribution in [2.24, 2.45) is 0 Å². The van der Waals surface area contributed by atoms with E-state index in [1.54, 1.807) is 12.3 Å². The first-order valence-electron chi connectivity index (χ1n) is 6.22. The zero-order valence-corrected chi connectivity index (χ0v) is 11.7. The van der Waals surface area contributed by atoms with Gasteiger partial charge in [-0.1, -0.05) is 17.8 Å². The van der Waals surface area contributed by atoms with Crippen LogP contribution in [-0.4, -0.2) is 4.98 Å². The monoisotopic (exact) mass is 284 g/mol. The van der Waals surface area contributed by atoms with Gasteiger partial charge < -0.3 is 5.73 Å². The molecule has 0 aliphatic heterocycles. The minimum atomic E-state index is -0.229. The second-order valence-corrected chi connectivity index (χ2v) is 5.70. The number of nitrogen functional groups attached to an aromatic ring is 1. The van der Waals surface area contributed by atoms with E-state index in [2.05, 4.69) is 4.98 Å². The fourth-order valence-corrected chi connectivity index (χ4v) is 3.07. The summed E-state index contributed by atoms with van der Waals surface area (Å²) in [5.74, 6) is -0.229. The number of pyridine rings is 1. The minimum Gasteiger partial charge on any atom is -0.398 e. The summed E-state index contributed by atoms with van der Waals surface area (Å²) in [5, 5.41) is 1.98. The zero-order chi connectivity index (χ0) is 14.1. The molecule has 20 heavy (non-hydrogen) atoms. The predicted molar refractivity (Wildman–Crippen MR) is 81.4 cm³/mol. The van der Waals surface area contributed by atoms with Gasteiger partial charge in [0, 0.05) is 38.1 Å². The molecular weight excluding hydrogens is 271 g/mol. The van der Waals surface area contributed by atoms with Gasteiger partial charge in [0.25, 0.3) is 0 Å². The summed E-state index contributed by atoms with van der Waals surface area (Å²) in [6.07, 6.45) is 1.79. The van der Waals surface area contributed by atoms with Crippen LogP contribution in [0.1, 0.15) is 5.69 Å². The topological polar surface area (TPSA) is 38.9 Å². The van der Waals surface area contributed by atoms with Gasteiger partial charge in [0.15, 0.2) is 0 Å². The third-order valence-electron chi connectivity index (χ3n) is 3.06. The van der Waals surface area contributed by atoms with Crippen LogP contribution >= 0.6 is 11.8 Å². The summed E-state index contributed by atoms with van der Waals surface area (Å²) in [6, 6.07) is 12.4. The van der Waals surface area contributed by atoms with Gasteiger partial charge in [-0.3, -0.25) is 4.98 Å². The highest BCUT2D eigenvalue weighted by molar-refractivity contribution is 7.99. The van der Waals surface area contributed by atoms with Crippen LogP contribution in [0, 0.1) is 12.7 Å². The molecule has 0 aliphatic carbocycles. The number of hydrogen-bond acceptors (Lipinski definition) is 3. The number of benzene rings is 2. The summed E-state index contributed by atoms with van der Waals surface area (Å²) >= 11 is 1.53. The first-order chi connectivity index (χ1) is 9.63. The van der Waals surface area contributed by atoms with Gasteiger partial charge in [0.1, 0.15) is 5.82 Å². The van der Waals surface area contributed by atoms with Crippen LogP contribution in [0.25, 0.3) is 10.8 Å². The number of aromatic nitrogens is 1. The van der Waals surface area contributed by atoms with Gasteiger partial charge in [-0.2, -0.15) is 0 Å². The summed E-state index contributed by atoms with van der Waals surface area (Å²) < 4.78 is 13.3. The molecule has 0 radical (unpaired) electrons. The van der Waals surface area contributed by atoms with Crippen molar-refractivity contribution in [1.82, 2.24) is 4.98 Å². The van der Waals surface area contributed by atoms with E-state index < -0.39 is 0 Å². The molecule has 0 saturated heterocycles. The van der Waals surface area contributed by atoms with E-state index in [4.69, 9.17) is 5.73 Å². The normalized spacial score (nSPS) is 10.9. The van der Waals surface area contributed by atoms with Crippen molar-refractivity contribution in [1.29, 1.82) is 0 Å². The molecule has 3 rings (SSSR count). The summed E-state index contributed by atoms with van der Waals surface area (Å²) in [6.45, 7) is 1.94. The molecule has 0 bridgehead atoms.